The highest BCUT2D eigenvalue weighted by Gasteiger charge is 2.27. The summed E-state index contributed by atoms with van der Waals surface area (Å²) in [4.78, 5) is 22.5. The molecule has 0 N–H and O–H groups in total. The zero-order chi connectivity index (χ0) is 23.9. The summed E-state index contributed by atoms with van der Waals surface area (Å²) in [5, 5.41) is 4.83. The molecule has 3 aromatic rings. The number of rotatable bonds is 5. The van der Waals surface area contributed by atoms with Crippen molar-refractivity contribution in [3.05, 3.63) is 53.0 Å². The summed E-state index contributed by atoms with van der Waals surface area (Å²) in [6, 6.07) is 8.13. The first-order valence-electron chi connectivity index (χ1n) is 12.1. The predicted octanol–water partition coefficient (Wildman–Crippen LogP) is 3.67. The van der Waals surface area contributed by atoms with E-state index in [2.05, 4.69) is 43.6 Å². The Balaban J connectivity index is 1.30. The average Bonchev–Trinajstić information content (AvgIpc) is 3.46. The molecule has 5 rings (SSSR count). The van der Waals surface area contributed by atoms with E-state index in [0.29, 0.717) is 18.7 Å². The topological polar surface area (TPSA) is 72.2 Å². The van der Waals surface area contributed by atoms with Crippen LogP contribution in [-0.2, 0) is 18.4 Å². The Labute approximate surface area is 200 Å². The van der Waals surface area contributed by atoms with Gasteiger partial charge in [0.2, 0.25) is 6.79 Å². The number of hydrogen-bond donors (Lipinski definition) is 0. The van der Waals surface area contributed by atoms with E-state index in [9.17, 15) is 4.79 Å². The quantitative estimate of drug-likeness (QED) is 0.575. The van der Waals surface area contributed by atoms with E-state index in [0.717, 1.165) is 61.0 Å². The van der Waals surface area contributed by atoms with Crippen molar-refractivity contribution in [1.82, 2.24) is 24.4 Å². The number of piperazine rings is 1. The van der Waals surface area contributed by atoms with Gasteiger partial charge in [-0.1, -0.05) is 40.2 Å². The van der Waals surface area contributed by atoms with Crippen LogP contribution in [0, 0.1) is 0 Å². The van der Waals surface area contributed by atoms with Crippen molar-refractivity contribution in [1.29, 1.82) is 0 Å². The van der Waals surface area contributed by atoms with Crippen LogP contribution in [-0.4, -0.2) is 63.3 Å². The molecule has 0 bridgehead atoms. The van der Waals surface area contributed by atoms with Crippen molar-refractivity contribution in [2.75, 3.05) is 33.0 Å². The van der Waals surface area contributed by atoms with E-state index in [-0.39, 0.29) is 18.1 Å². The molecule has 180 valence electrons. The summed E-state index contributed by atoms with van der Waals surface area (Å²) in [6.45, 7) is 12.7. The molecule has 1 aromatic carbocycles. The van der Waals surface area contributed by atoms with Crippen LogP contribution in [0.3, 0.4) is 0 Å². The maximum atomic E-state index is 13.5. The minimum atomic E-state index is -0.0737. The molecular weight excluding hydrogens is 430 g/mol. The summed E-state index contributed by atoms with van der Waals surface area (Å²) in [5.41, 5.74) is 4.53. The number of aromatic nitrogens is 3. The Morgan fingerprint density at radius 1 is 1.06 bits per heavy atom. The molecule has 8 nitrogen and oxygen atoms in total. The van der Waals surface area contributed by atoms with E-state index < -0.39 is 0 Å². The van der Waals surface area contributed by atoms with Gasteiger partial charge in [-0.2, -0.15) is 5.10 Å². The first-order valence-corrected chi connectivity index (χ1v) is 12.1. The lowest BCUT2D eigenvalue weighted by Crippen LogP contribution is -2.48. The Bertz CT molecular complexity index is 1210. The average molecular weight is 464 g/mol. The molecule has 1 saturated heterocycles. The first kappa shape index (κ1) is 22.7. The molecule has 0 radical (unpaired) electrons. The first-order chi connectivity index (χ1) is 16.3. The number of benzene rings is 1. The second-order valence-electron chi connectivity index (χ2n) is 10.2. The van der Waals surface area contributed by atoms with Crippen LogP contribution in [0.5, 0.6) is 11.5 Å². The standard InChI is InChI=1S/C26H33N5O3/c1-5-6-20-19(15-27-24-14-23(26(2,3)4)28-31(20)24)25(32)30-11-9-29(10-12-30)16-18-7-8-21-22(13-18)34-17-33-21/h7-8,13-15H,5-6,9-12,16-17H2,1-4H3. The normalized spacial score (nSPS) is 16.4. The van der Waals surface area contributed by atoms with Crippen molar-refractivity contribution in [2.24, 2.45) is 0 Å². The lowest BCUT2D eigenvalue weighted by atomic mass is 9.93. The Morgan fingerprint density at radius 2 is 1.82 bits per heavy atom. The lowest BCUT2D eigenvalue weighted by Gasteiger charge is -2.35. The van der Waals surface area contributed by atoms with E-state index in [4.69, 9.17) is 14.6 Å². The molecule has 1 fully saturated rings. The highest BCUT2D eigenvalue weighted by atomic mass is 16.7. The smallest absolute Gasteiger partial charge is 0.257 e. The van der Waals surface area contributed by atoms with Gasteiger partial charge >= 0.3 is 0 Å². The number of aryl methyl sites for hydroxylation is 1. The van der Waals surface area contributed by atoms with Crippen molar-refractivity contribution >= 4 is 11.6 Å². The summed E-state index contributed by atoms with van der Waals surface area (Å²) >= 11 is 0. The van der Waals surface area contributed by atoms with Gasteiger partial charge in [0.15, 0.2) is 17.1 Å². The van der Waals surface area contributed by atoms with Gasteiger partial charge in [-0.3, -0.25) is 9.69 Å². The number of fused-ring (bicyclic) bond motifs is 2. The number of hydrogen-bond acceptors (Lipinski definition) is 6. The van der Waals surface area contributed by atoms with Gasteiger partial charge in [0, 0.05) is 50.4 Å². The molecule has 2 aliphatic heterocycles. The van der Waals surface area contributed by atoms with E-state index in [1.807, 2.05) is 27.6 Å². The third-order valence-corrected chi connectivity index (χ3v) is 6.57. The molecule has 2 aliphatic rings. The maximum Gasteiger partial charge on any atom is 0.257 e. The third-order valence-electron chi connectivity index (χ3n) is 6.57. The van der Waals surface area contributed by atoms with Crippen LogP contribution in [0.1, 0.15) is 61.4 Å². The van der Waals surface area contributed by atoms with Crippen molar-refractivity contribution in [3.63, 3.8) is 0 Å². The monoisotopic (exact) mass is 463 g/mol. The van der Waals surface area contributed by atoms with Gasteiger partial charge in [-0.05, 0) is 24.1 Å². The third kappa shape index (κ3) is 4.34. The molecule has 8 heteroatoms. The second kappa shape index (κ2) is 8.91. The second-order valence-corrected chi connectivity index (χ2v) is 10.2. The highest BCUT2D eigenvalue weighted by molar-refractivity contribution is 5.95. The van der Waals surface area contributed by atoms with Crippen LogP contribution >= 0.6 is 0 Å². The molecule has 0 unspecified atom stereocenters. The van der Waals surface area contributed by atoms with Crippen LogP contribution in [0.25, 0.3) is 5.65 Å². The van der Waals surface area contributed by atoms with Gasteiger partial charge < -0.3 is 14.4 Å². The number of ether oxygens (including phenoxy) is 2. The lowest BCUT2D eigenvalue weighted by molar-refractivity contribution is 0.0626. The molecule has 0 aliphatic carbocycles. The summed E-state index contributed by atoms with van der Waals surface area (Å²) in [6.07, 6.45) is 3.47. The Morgan fingerprint density at radius 3 is 2.56 bits per heavy atom. The number of amides is 1. The van der Waals surface area contributed by atoms with Crippen LogP contribution in [0.15, 0.2) is 30.5 Å². The summed E-state index contributed by atoms with van der Waals surface area (Å²) in [7, 11) is 0. The zero-order valence-electron chi connectivity index (χ0n) is 20.5. The number of carbonyl (C=O) groups is 1. The van der Waals surface area contributed by atoms with Crippen molar-refractivity contribution in [3.8, 4) is 11.5 Å². The van der Waals surface area contributed by atoms with Crippen molar-refractivity contribution < 1.29 is 14.3 Å². The zero-order valence-corrected chi connectivity index (χ0v) is 20.5. The molecule has 4 heterocycles. The van der Waals surface area contributed by atoms with Crippen LogP contribution in [0.4, 0.5) is 0 Å². The molecule has 1 amide bonds. The molecule has 0 spiro atoms. The van der Waals surface area contributed by atoms with Gasteiger partial charge in [0.25, 0.3) is 5.91 Å². The molecular formula is C26H33N5O3. The fraction of sp³-hybridized carbons (Fsp3) is 0.500. The van der Waals surface area contributed by atoms with E-state index >= 15 is 0 Å². The number of nitrogens with zero attached hydrogens (tertiary/aromatic N) is 5. The molecule has 34 heavy (non-hydrogen) atoms. The molecule has 2 aromatic heterocycles. The van der Waals surface area contributed by atoms with Gasteiger partial charge in [0.1, 0.15) is 0 Å². The van der Waals surface area contributed by atoms with Crippen LogP contribution < -0.4 is 9.47 Å². The fourth-order valence-electron chi connectivity index (χ4n) is 4.58. The SMILES string of the molecule is CCCc1c(C(=O)N2CCN(Cc3ccc4c(c3)OCO4)CC2)cnc2cc(C(C)(C)C)nn12. The van der Waals surface area contributed by atoms with E-state index in [1.165, 1.54) is 5.56 Å². The van der Waals surface area contributed by atoms with Crippen LogP contribution in [0.2, 0.25) is 0 Å². The minimum Gasteiger partial charge on any atom is -0.454 e. The summed E-state index contributed by atoms with van der Waals surface area (Å²) in [5.74, 6) is 1.67. The Kier molecular flexibility index (Phi) is 5.93. The fourth-order valence-corrected chi connectivity index (χ4v) is 4.58. The van der Waals surface area contributed by atoms with E-state index in [1.54, 1.807) is 6.20 Å². The minimum absolute atomic E-state index is 0.0494. The van der Waals surface area contributed by atoms with Crippen molar-refractivity contribution in [2.45, 2.75) is 52.5 Å². The highest BCUT2D eigenvalue weighted by Crippen LogP contribution is 2.33. The predicted molar refractivity (Wildman–Crippen MR) is 129 cm³/mol. The number of carbonyl (C=O) groups excluding carboxylic acids is 1. The van der Waals surface area contributed by atoms with Gasteiger partial charge in [-0.25, -0.2) is 9.50 Å². The molecule has 0 saturated carbocycles. The van der Waals surface area contributed by atoms with Gasteiger partial charge in [-0.15, -0.1) is 0 Å². The largest absolute Gasteiger partial charge is 0.454 e. The van der Waals surface area contributed by atoms with Gasteiger partial charge in [0.05, 0.1) is 17.0 Å². The molecule has 0 atom stereocenters. The summed E-state index contributed by atoms with van der Waals surface area (Å²) < 4.78 is 12.8. The maximum absolute atomic E-state index is 13.5. The Hall–Kier alpha value is -3.13.